The molecule has 4 nitrogen and oxygen atoms in total. The summed E-state index contributed by atoms with van der Waals surface area (Å²) in [7, 11) is -3.68. The highest BCUT2D eigenvalue weighted by Crippen LogP contribution is 2.28. The van der Waals surface area contributed by atoms with Gasteiger partial charge in [-0.05, 0) is 41.0 Å². The van der Waals surface area contributed by atoms with Crippen LogP contribution < -0.4 is 4.90 Å². The van der Waals surface area contributed by atoms with Crippen molar-refractivity contribution in [3.63, 3.8) is 0 Å². The summed E-state index contributed by atoms with van der Waals surface area (Å²) in [5.41, 5.74) is 1.90. The van der Waals surface area contributed by atoms with Crippen LogP contribution in [0.3, 0.4) is 0 Å². The monoisotopic (exact) mass is 351 g/mol. The van der Waals surface area contributed by atoms with Crippen LogP contribution in [-0.2, 0) is 21.1 Å². The number of para-hydroxylation sites is 1. The Hall–Kier alpha value is -2.66. The SMILES string of the molecule is O=C(CS(=O)(=O)c1ccc2ccccc2c1)N1CCc2ccccc21. The summed E-state index contributed by atoms with van der Waals surface area (Å²) in [4.78, 5) is 14.4. The molecule has 25 heavy (non-hydrogen) atoms. The van der Waals surface area contributed by atoms with Gasteiger partial charge in [0.25, 0.3) is 0 Å². The summed E-state index contributed by atoms with van der Waals surface area (Å²) >= 11 is 0. The summed E-state index contributed by atoms with van der Waals surface area (Å²) in [6, 6.07) is 20.2. The van der Waals surface area contributed by atoms with Crippen molar-refractivity contribution < 1.29 is 13.2 Å². The van der Waals surface area contributed by atoms with Gasteiger partial charge in [-0.2, -0.15) is 0 Å². The second-order valence-electron chi connectivity index (χ2n) is 6.19. The summed E-state index contributed by atoms with van der Waals surface area (Å²) in [6.07, 6.45) is 0.762. The van der Waals surface area contributed by atoms with E-state index in [0.717, 1.165) is 28.4 Å². The Balaban J connectivity index is 1.61. The Bertz CT molecular complexity index is 1070. The minimum absolute atomic E-state index is 0.187. The van der Waals surface area contributed by atoms with E-state index in [-0.39, 0.29) is 10.8 Å². The molecule has 4 rings (SSSR count). The van der Waals surface area contributed by atoms with Gasteiger partial charge in [0.05, 0.1) is 4.90 Å². The predicted octanol–water partition coefficient (Wildman–Crippen LogP) is 3.20. The number of rotatable bonds is 3. The summed E-state index contributed by atoms with van der Waals surface area (Å²) in [5, 5.41) is 1.82. The van der Waals surface area contributed by atoms with Gasteiger partial charge in [-0.1, -0.05) is 48.5 Å². The number of hydrogen-bond donors (Lipinski definition) is 0. The van der Waals surface area contributed by atoms with E-state index in [1.165, 1.54) is 0 Å². The minimum atomic E-state index is -3.68. The molecule has 126 valence electrons. The van der Waals surface area contributed by atoms with Crippen molar-refractivity contribution in [3.8, 4) is 0 Å². The molecule has 0 N–H and O–H groups in total. The summed E-state index contributed by atoms with van der Waals surface area (Å²) in [5.74, 6) is -0.891. The maximum atomic E-state index is 12.7. The van der Waals surface area contributed by atoms with Crippen molar-refractivity contribution >= 4 is 32.2 Å². The zero-order valence-corrected chi connectivity index (χ0v) is 14.4. The second kappa shape index (κ2) is 6.01. The molecule has 0 atom stereocenters. The fraction of sp³-hybridized carbons (Fsp3) is 0.150. The third-order valence-electron chi connectivity index (χ3n) is 4.58. The van der Waals surface area contributed by atoms with Crippen molar-refractivity contribution in [1.29, 1.82) is 0 Å². The van der Waals surface area contributed by atoms with Gasteiger partial charge in [0, 0.05) is 12.2 Å². The Morgan fingerprint density at radius 2 is 1.64 bits per heavy atom. The molecule has 0 unspecified atom stereocenters. The normalized spacial score (nSPS) is 13.8. The molecule has 0 saturated heterocycles. The van der Waals surface area contributed by atoms with Crippen molar-refractivity contribution in [2.45, 2.75) is 11.3 Å². The maximum Gasteiger partial charge on any atom is 0.242 e. The number of hydrogen-bond acceptors (Lipinski definition) is 3. The Morgan fingerprint density at radius 1 is 0.920 bits per heavy atom. The number of benzene rings is 3. The first-order chi connectivity index (χ1) is 12.0. The molecule has 1 heterocycles. The van der Waals surface area contributed by atoms with Gasteiger partial charge in [-0.3, -0.25) is 4.79 Å². The largest absolute Gasteiger partial charge is 0.311 e. The third kappa shape index (κ3) is 2.91. The highest BCUT2D eigenvalue weighted by atomic mass is 32.2. The standard InChI is InChI=1S/C20H17NO3S/c22-20(21-12-11-16-6-3-4-8-19(16)21)14-25(23,24)18-10-9-15-5-1-2-7-17(15)13-18/h1-10,13H,11-12,14H2. The van der Waals surface area contributed by atoms with E-state index >= 15 is 0 Å². The third-order valence-corrected chi connectivity index (χ3v) is 6.18. The molecule has 0 spiro atoms. The van der Waals surface area contributed by atoms with E-state index in [4.69, 9.17) is 0 Å². The van der Waals surface area contributed by atoms with Gasteiger partial charge in [0.15, 0.2) is 9.84 Å². The van der Waals surface area contributed by atoms with Gasteiger partial charge in [0.1, 0.15) is 5.75 Å². The fourth-order valence-corrected chi connectivity index (χ4v) is 4.51. The lowest BCUT2D eigenvalue weighted by molar-refractivity contribution is -0.116. The van der Waals surface area contributed by atoms with Crippen LogP contribution in [0.4, 0.5) is 5.69 Å². The van der Waals surface area contributed by atoms with Crippen LogP contribution in [0.2, 0.25) is 0 Å². The molecule has 1 amide bonds. The van der Waals surface area contributed by atoms with Crippen molar-refractivity contribution in [2.75, 3.05) is 17.2 Å². The van der Waals surface area contributed by atoms with E-state index in [1.54, 1.807) is 23.1 Å². The van der Waals surface area contributed by atoms with Gasteiger partial charge < -0.3 is 4.90 Å². The Morgan fingerprint density at radius 3 is 2.48 bits per heavy atom. The average molecular weight is 351 g/mol. The van der Waals surface area contributed by atoms with E-state index in [1.807, 2.05) is 48.5 Å². The van der Waals surface area contributed by atoms with Crippen LogP contribution >= 0.6 is 0 Å². The molecular weight excluding hydrogens is 334 g/mol. The molecule has 0 bridgehead atoms. The fourth-order valence-electron chi connectivity index (χ4n) is 3.28. The second-order valence-corrected chi connectivity index (χ2v) is 8.18. The van der Waals surface area contributed by atoms with E-state index in [9.17, 15) is 13.2 Å². The first kappa shape index (κ1) is 15.8. The number of anilines is 1. The highest BCUT2D eigenvalue weighted by Gasteiger charge is 2.28. The molecule has 0 saturated carbocycles. The van der Waals surface area contributed by atoms with Crippen LogP contribution in [0.25, 0.3) is 10.8 Å². The number of amides is 1. The maximum absolute atomic E-state index is 12.7. The first-order valence-corrected chi connectivity index (χ1v) is 9.80. The topological polar surface area (TPSA) is 54.5 Å². The zero-order valence-electron chi connectivity index (χ0n) is 13.6. The highest BCUT2D eigenvalue weighted by molar-refractivity contribution is 7.92. The lowest BCUT2D eigenvalue weighted by Crippen LogP contribution is -2.34. The van der Waals surface area contributed by atoms with E-state index < -0.39 is 15.6 Å². The van der Waals surface area contributed by atoms with Crippen molar-refractivity contribution in [2.24, 2.45) is 0 Å². The molecule has 1 aliphatic heterocycles. The van der Waals surface area contributed by atoms with Gasteiger partial charge in [-0.25, -0.2) is 8.42 Å². The molecule has 3 aromatic carbocycles. The summed E-state index contributed by atoms with van der Waals surface area (Å²) in [6.45, 7) is 0.533. The van der Waals surface area contributed by atoms with Gasteiger partial charge >= 0.3 is 0 Å². The van der Waals surface area contributed by atoms with Crippen LogP contribution in [0, 0.1) is 0 Å². The number of carbonyl (C=O) groups excluding carboxylic acids is 1. The molecule has 1 aliphatic rings. The molecular formula is C20H17NO3S. The van der Waals surface area contributed by atoms with Crippen LogP contribution in [0.15, 0.2) is 71.6 Å². The lowest BCUT2D eigenvalue weighted by Gasteiger charge is -2.17. The number of nitrogens with zero attached hydrogens (tertiary/aromatic N) is 1. The molecule has 0 aliphatic carbocycles. The molecule has 0 aromatic heterocycles. The van der Waals surface area contributed by atoms with Gasteiger partial charge in [-0.15, -0.1) is 0 Å². The quantitative estimate of drug-likeness (QED) is 0.728. The number of sulfone groups is 1. The Kier molecular flexibility index (Phi) is 3.81. The predicted molar refractivity (Wildman–Crippen MR) is 98.5 cm³/mol. The summed E-state index contributed by atoms with van der Waals surface area (Å²) < 4.78 is 25.4. The average Bonchev–Trinajstić information content (AvgIpc) is 3.05. The minimum Gasteiger partial charge on any atom is -0.311 e. The first-order valence-electron chi connectivity index (χ1n) is 8.14. The van der Waals surface area contributed by atoms with E-state index in [0.29, 0.717) is 6.54 Å². The van der Waals surface area contributed by atoms with E-state index in [2.05, 4.69) is 0 Å². The van der Waals surface area contributed by atoms with Crippen LogP contribution in [0.1, 0.15) is 5.56 Å². The Labute approximate surface area is 146 Å². The zero-order chi connectivity index (χ0) is 17.4. The number of carbonyl (C=O) groups is 1. The smallest absolute Gasteiger partial charge is 0.242 e. The molecule has 0 radical (unpaired) electrons. The van der Waals surface area contributed by atoms with Crippen LogP contribution in [-0.4, -0.2) is 26.6 Å². The van der Waals surface area contributed by atoms with Crippen molar-refractivity contribution in [1.82, 2.24) is 0 Å². The molecule has 0 fully saturated rings. The molecule has 3 aromatic rings. The number of fused-ring (bicyclic) bond motifs is 2. The van der Waals surface area contributed by atoms with Crippen molar-refractivity contribution in [3.05, 3.63) is 72.3 Å². The molecule has 5 heteroatoms. The van der Waals surface area contributed by atoms with Crippen LogP contribution in [0.5, 0.6) is 0 Å². The lowest BCUT2D eigenvalue weighted by atomic mass is 10.1. The van der Waals surface area contributed by atoms with Gasteiger partial charge in [0.2, 0.25) is 5.91 Å².